The molecule has 0 aliphatic heterocycles. The van der Waals surface area contributed by atoms with Gasteiger partial charge >= 0.3 is 0 Å². The molecule has 0 aliphatic rings. The molecule has 0 amide bonds. The molecule has 0 aliphatic carbocycles. The highest BCUT2D eigenvalue weighted by Crippen LogP contribution is 2.09. The standard InChI is InChI=1S/C10H13N/c1-5-7-11-8-10(6-2)9(3)4/h1,6-9H,2H2,3-4H3/b10-8+,11-7-. The first-order chi connectivity index (χ1) is 5.22. The third-order valence-corrected chi connectivity index (χ3v) is 1.28. The van der Waals surface area contributed by atoms with Crippen LogP contribution in [0.25, 0.3) is 0 Å². The van der Waals surface area contributed by atoms with E-state index in [0.29, 0.717) is 5.92 Å². The molecule has 1 heteroatoms. The monoisotopic (exact) mass is 147 g/mol. The summed E-state index contributed by atoms with van der Waals surface area (Å²) in [6, 6.07) is 0. The fraction of sp³-hybridized carbons (Fsp3) is 0.300. The zero-order valence-corrected chi connectivity index (χ0v) is 7.04. The summed E-state index contributed by atoms with van der Waals surface area (Å²) in [7, 11) is 0. The van der Waals surface area contributed by atoms with Crippen molar-refractivity contribution < 1.29 is 0 Å². The summed E-state index contributed by atoms with van der Waals surface area (Å²) in [4.78, 5) is 3.89. The average Bonchev–Trinajstić information content (AvgIpc) is 1.97. The van der Waals surface area contributed by atoms with Gasteiger partial charge in [0.1, 0.15) is 0 Å². The first kappa shape index (κ1) is 9.71. The molecule has 0 atom stereocenters. The lowest BCUT2D eigenvalue weighted by Crippen LogP contribution is -1.88. The van der Waals surface area contributed by atoms with Gasteiger partial charge in [-0.2, -0.15) is 0 Å². The number of aliphatic imine (C=N–C) groups is 1. The van der Waals surface area contributed by atoms with Crippen molar-refractivity contribution in [3.8, 4) is 12.3 Å². The Morgan fingerprint density at radius 2 is 2.27 bits per heavy atom. The third kappa shape index (κ3) is 4.16. The summed E-state index contributed by atoms with van der Waals surface area (Å²) in [5.74, 6) is 2.76. The van der Waals surface area contributed by atoms with Crippen molar-refractivity contribution in [2.45, 2.75) is 13.8 Å². The van der Waals surface area contributed by atoms with Gasteiger partial charge in [-0.25, -0.2) is 0 Å². The third-order valence-electron chi connectivity index (χ3n) is 1.28. The number of hydrogen-bond donors (Lipinski definition) is 0. The molecule has 0 fully saturated rings. The van der Waals surface area contributed by atoms with E-state index in [9.17, 15) is 0 Å². The van der Waals surface area contributed by atoms with Gasteiger partial charge in [0.2, 0.25) is 0 Å². The SMILES string of the molecule is C#C/C=N\C=C(/C=C)C(C)C. The van der Waals surface area contributed by atoms with Crippen LogP contribution in [0.1, 0.15) is 13.8 Å². The molecule has 0 spiro atoms. The highest BCUT2D eigenvalue weighted by molar-refractivity contribution is 5.77. The Balaban J connectivity index is 4.26. The van der Waals surface area contributed by atoms with E-state index in [-0.39, 0.29) is 0 Å². The molecule has 0 bridgehead atoms. The fourth-order valence-electron chi connectivity index (χ4n) is 0.604. The minimum Gasteiger partial charge on any atom is -0.255 e. The number of hydrogen-bond acceptors (Lipinski definition) is 1. The van der Waals surface area contributed by atoms with Crippen LogP contribution in [0, 0.1) is 18.3 Å². The van der Waals surface area contributed by atoms with Crippen LogP contribution in [-0.4, -0.2) is 6.21 Å². The summed E-state index contributed by atoms with van der Waals surface area (Å²) in [6.45, 7) is 7.83. The van der Waals surface area contributed by atoms with E-state index in [0.717, 1.165) is 5.57 Å². The predicted molar refractivity (Wildman–Crippen MR) is 50.4 cm³/mol. The molecular weight excluding hydrogens is 134 g/mol. The van der Waals surface area contributed by atoms with E-state index >= 15 is 0 Å². The molecule has 1 nitrogen and oxygen atoms in total. The van der Waals surface area contributed by atoms with Crippen LogP contribution >= 0.6 is 0 Å². The van der Waals surface area contributed by atoms with Crippen molar-refractivity contribution in [2.24, 2.45) is 10.9 Å². The Bertz CT molecular complexity index is 214. The first-order valence-corrected chi connectivity index (χ1v) is 3.52. The van der Waals surface area contributed by atoms with Crippen LogP contribution < -0.4 is 0 Å². The Morgan fingerprint density at radius 1 is 1.64 bits per heavy atom. The topological polar surface area (TPSA) is 12.4 Å². The molecule has 58 valence electrons. The maximum atomic E-state index is 4.98. The Morgan fingerprint density at radius 3 is 2.64 bits per heavy atom. The van der Waals surface area contributed by atoms with E-state index in [1.54, 1.807) is 12.3 Å². The molecular formula is C10H13N. The summed E-state index contributed by atoms with van der Waals surface area (Å²) < 4.78 is 0. The lowest BCUT2D eigenvalue weighted by atomic mass is 10.1. The predicted octanol–water partition coefficient (Wildman–Crippen LogP) is 2.42. The largest absolute Gasteiger partial charge is 0.255 e. The molecule has 0 saturated heterocycles. The second-order valence-electron chi connectivity index (χ2n) is 2.43. The molecule has 0 radical (unpaired) electrons. The van der Waals surface area contributed by atoms with Crippen LogP contribution in [0.3, 0.4) is 0 Å². The quantitative estimate of drug-likeness (QED) is 0.330. The number of rotatable bonds is 3. The minimum absolute atomic E-state index is 0.447. The van der Waals surface area contributed by atoms with Crippen LogP contribution in [0.15, 0.2) is 29.4 Å². The van der Waals surface area contributed by atoms with Crippen molar-refractivity contribution in [3.05, 3.63) is 24.4 Å². The maximum absolute atomic E-state index is 4.98. The van der Waals surface area contributed by atoms with Crippen molar-refractivity contribution >= 4 is 6.21 Å². The second kappa shape index (κ2) is 5.49. The van der Waals surface area contributed by atoms with Gasteiger partial charge in [-0.15, -0.1) is 6.42 Å². The number of allylic oxidation sites excluding steroid dienone is 2. The van der Waals surface area contributed by atoms with Gasteiger partial charge in [-0.05, 0) is 11.5 Å². The lowest BCUT2D eigenvalue weighted by molar-refractivity contribution is 0.789. The Labute approximate surface area is 68.5 Å². The van der Waals surface area contributed by atoms with Gasteiger partial charge < -0.3 is 0 Å². The smallest absolute Gasteiger partial charge is 0.0763 e. The van der Waals surface area contributed by atoms with Gasteiger partial charge in [0.25, 0.3) is 0 Å². The zero-order chi connectivity index (χ0) is 8.69. The normalized spacial score (nSPS) is 12.0. The van der Waals surface area contributed by atoms with Crippen molar-refractivity contribution in [3.63, 3.8) is 0 Å². The molecule has 0 saturated carbocycles. The highest BCUT2D eigenvalue weighted by Gasteiger charge is 1.95. The zero-order valence-electron chi connectivity index (χ0n) is 7.04. The highest BCUT2D eigenvalue weighted by atomic mass is 14.7. The maximum Gasteiger partial charge on any atom is 0.0763 e. The van der Waals surface area contributed by atoms with Crippen LogP contribution in [0.4, 0.5) is 0 Å². The van der Waals surface area contributed by atoms with Gasteiger partial charge in [0, 0.05) is 6.20 Å². The van der Waals surface area contributed by atoms with Crippen LogP contribution in [0.5, 0.6) is 0 Å². The van der Waals surface area contributed by atoms with E-state index < -0.39 is 0 Å². The van der Waals surface area contributed by atoms with Crippen molar-refractivity contribution in [2.75, 3.05) is 0 Å². The van der Waals surface area contributed by atoms with E-state index in [1.807, 2.05) is 0 Å². The van der Waals surface area contributed by atoms with Gasteiger partial charge in [0.15, 0.2) is 0 Å². The summed E-state index contributed by atoms with van der Waals surface area (Å²) in [5, 5.41) is 0. The van der Waals surface area contributed by atoms with Gasteiger partial charge in [-0.1, -0.05) is 32.4 Å². The average molecular weight is 147 g/mol. The Kier molecular flexibility index (Phi) is 4.85. The molecule has 0 aromatic heterocycles. The van der Waals surface area contributed by atoms with E-state index in [4.69, 9.17) is 6.42 Å². The minimum atomic E-state index is 0.447. The van der Waals surface area contributed by atoms with Gasteiger partial charge in [0.05, 0.1) is 6.21 Å². The summed E-state index contributed by atoms with van der Waals surface area (Å²) in [6.07, 6.45) is 9.92. The van der Waals surface area contributed by atoms with Gasteiger partial charge in [-0.3, -0.25) is 4.99 Å². The van der Waals surface area contributed by atoms with Crippen LogP contribution in [-0.2, 0) is 0 Å². The number of nitrogens with zero attached hydrogens (tertiary/aromatic N) is 1. The molecule has 11 heavy (non-hydrogen) atoms. The molecule has 0 heterocycles. The molecule has 0 rings (SSSR count). The molecule has 0 aromatic rings. The van der Waals surface area contributed by atoms with Crippen molar-refractivity contribution in [1.82, 2.24) is 0 Å². The Hall–Kier alpha value is -1.29. The molecule has 0 unspecified atom stereocenters. The van der Waals surface area contributed by atoms with Crippen LogP contribution in [0.2, 0.25) is 0 Å². The second-order valence-corrected chi connectivity index (χ2v) is 2.43. The fourth-order valence-corrected chi connectivity index (χ4v) is 0.604. The summed E-state index contributed by atoms with van der Waals surface area (Å²) in [5.41, 5.74) is 1.09. The van der Waals surface area contributed by atoms with E-state index in [2.05, 4.69) is 31.3 Å². The molecule has 0 aromatic carbocycles. The van der Waals surface area contributed by atoms with Crippen molar-refractivity contribution in [1.29, 1.82) is 0 Å². The molecule has 0 N–H and O–H groups in total. The summed E-state index contributed by atoms with van der Waals surface area (Å²) >= 11 is 0. The van der Waals surface area contributed by atoms with E-state index in [1.165, 1.54) is 6.21 Å². The lowest BCUT2D eigenvalue weighted by Gasteiger charge is -2.01. The number of terminal acetylenes is 1. The first-order valence-electron chi connectivity index (χ1n) is 3.52.